The van der Waals surface area contributed by atoms with E-state index in [1.165, 1.54) is 0 Å². The number of benzene rings is 2. The fourth-order valence-corrected chi connectivity index (χ4v) is 4.13. The molecule has 0 saturated heterocycles. The molecule has 0 radical (unpaired) electrons. The van der Waals surface area contributed by atoms with Gasteiger partial charge in [0, 0.05) is 42.6 Å². The van der Waals surface area contributed by atoms with Gasteiger partial charge in [0.1, 0.15) is 17.4 Å². The molecule has 0 aliphatic heterocycles. The molecule has 7 nitrogen and oxygen atoms in total. The minimum atomic E-state index is -0.339. The highest BCUT2D eigenvalue weighted by Gasteiger charge is 2.29. The van der Waals surface area contributed by atoms with Gasteiger partial charge < -0.3 is 20.4 Å². The number of nitrogens with zero attached hydrogens (tertiary/aromatic N) is 2. The van der Waals surface area contributed by atoms with Crippen LogP contribution < -0.4 is 15.4 Å². The molecule has 7 heteroatoms. The molecule has 1 aliphatic carbocycles. The molecule has 2 aromatic heterocycles. The van der Waals surface area contributed by atoms with Crippen LogP contribution in [0.2, 0.25) is 0 Å². The van der Waals surface area contributed by atoms with E-state index in [4.69, 9.17) is 9.72 Å². The van der Waals surface area contributed by atoms with E-state index in [1.54, 1.807) is 19.2 Å². The molecule has 1 fully saturated rings. The second-order valence-corrected chi connectivity index (χ2v) is 8.35. The lowest BCUT2D eigenvalue weighted by molar-refractivity contribution is 0.0932. The zero-order chi connectivity index (χ0) is 22.8. The monoisotopic (exact) mass is 441 g/mol. The highest BCUT2D eigenvalue weighted by Crippen LogP contribution is 2.39. The number of carbonyl (C=O) groups excluding carboxylic acids is 1. The number of aromatic amines is 1. The number of fused-ring (bicyclic) bond motifs is 1. The first-order valence-electron chi connectivity index (χ1n) is 11.2. The molecule has 1 amide bonds. The van der Waals surface area contributed by atoms with E-state index in [0.29, 0.717) is 23.7 Å². The zero-order valence-electron chi connectivity index (χ0n) is 18.8. The molecule has 1 atom stereocenters. The molecular weight excluding hydrogens is 414 g/mol. The molecule has 33 heavy (non-hydrogen) atoms. The SMILES string of the molecule is CNc1cc([C@H](Cc2c[nH]c3ccccc23)NC(=O)c2ccccc2OC)nc(C2CC2)n1. The van der Waals surface area contributed by atoms with E-state index in [9.17, 15) is 4.79 Å². The van der Waals surface area contributed by atoms with Gasteiger partial charge in [-0.05, 0) is 36.6 Å². The van der Waals surface area contributed by atoms with Crippen molar-refractivity contribution in [2.24, 2.45) is 0 Å². The normalized spacial score (nSPS) is 14.1. The number of hydrogen-bond donors (Lipinski definition) is 3. The standard InChI is InChI=1S/C26H27N5O2/c1-27-24-14-22(29-25(31-24)16-11-12-16)21(13-17-15-28-20-9-5-3-7-18(17)20)30-26(32)19-8-4-6-10-23(19)33-2/h3-10,14-16,21,28H,11-13H2,1-2H3,(H,30,32)(H,27,29,31)/t21-/m0/s1. The summed E-state index contributed by atoms with van der Waals surface area (Å²) in [6, 6.07) is 17.0. The Hall–Kier alpha value is -3.87. The molecule has 0 bridgehead atoms. The third-order valence-corrected chi connectivity index (χ3v) is 6.07. The number of amides is 1. The first-order chi connectivity index (χ1) is 16.2. The number of ether oxygens (including phenoxy) is 1. The molecule has 2 heterocycles. The second-order valence-electron chi connectivity index (χ2n) is 8.35. The molecule has 3 N–H and O–H groups in total. The van der Waals surface area contributed by atoms with Crippen molar-refractivity contribution in [2.45, 2.75) is 31.2 Å². The van der Waals surface area contributed by atoms with E-state index in [-0.39, 0.29) is 11.9 Å². The fourth-order valence-electron chi connectivity index (χ4n) is 4.13. The Morgan fingerprint density at radius 1 is 1.15 bits per heavy atom. The summed E-state index contributed by atoms with van der Waals surface area (Å²) in [6.45, 7) is 0. The van der Waals surface area contributed by atoms with Gasteiger partial charge in [0.05, 0.1) is 24.4 Å². The van der Waals surface area contributed by atoms with Gasteiger partial charge in [0.15, 0.2) is 0 Å². The summed E-state index contributed by atoms with van der Waals surface area (Å²) >= 11 is 0. The lowest BCUT2D eigenvalue weighted by atomic mass is 10.0. The van der Waals surface area contributed by atoms with Gasteiger partial charge in [0.2, 0.25) is 0 Å². The van der Waals surface area contributed by atoms with Gasteiger partial charge in [-0.15, -0.1) is 0 Å². The van der Waals surface area contributed by atoms with E-state index in [0.717, 1.165) is 46.6 Å². The van der Waals surface area contributed by atoms with Crippen molar-refractivity contribution >= 4 is 22.6 Å². The van der Waals surface area contributed by atoms with Gasteiger partial charge in [-0.25, -0.2) is 9.97 Å². The second kappa shape index (κ2) is 8.94. The van der Waals surface area contributed by atoms with Crippen LogP contribution in [0.1, 0.15) is 52.2 Å². The Balaban J connectivity index is 1.53. The van der Waals surface area contributed by atoms with Gasteiger partial charge in [-0.3, -0.25) is 4.79 Å². The summed E-state index contributed by atoms with van der Waals surface area (Å²) in [5.74, 6) is 2.34. The van der Waals surface area contributed by atoms with E-state index in [1.807, 2.05) is 43.6 Å². The van der Waals surface area contributed by atoms with E-state index >= 15 is 0 Å². The Kier molecular flexibility index (Phi) is 5.69. The number of nitrogens with one attached hydrogen (secondary N) is 3. The lowest BCUT2D eigenvalue weighted by Gasteiger charge is -2.20. The summed E-state index contributed by atoms with van der Waals surface area (Å²) in [4.78, 5) is 26.2. The molecule has 1 aliphatic rings. The van der Waals surface area contributed by atoms with Crippen molar-refractivity contribution in [3.63, 3.8) is 0 Å². The molecule has 2 aromatic carbocycles. The Morgan fingerprint density at radius 2 is 1.94 bits per heavy atom. The van der Waals surface area contributed by atoms with E-state index in [2.05, 4.69) is 32.7 Å². The van der Waals surface area contributed by atoms with Crippen LogP contribution in [0.15, 0.2) is 60.8 Å². The lowest BCUT2D eigenvalue weighted by Crippen LogP contribution is -2.31. The highest BCUT2D eigenvalue weighted by atomic mass is 16.5. The van der Waals surface area contributed by atoms with Crippen LogP contribution in [-0.4, -0.2) is 35.0 Å². The molecule has 4 aromatic rings. The number of para-hydroxylation sites is 2. The number of methoxy groups -OCH3 is 1. The maximum Gasteiger partial charge on any atom is 0.255 e. The summed E-state index contributed by atoms with van der Waals surface area (Å²) in [7, 11) is 3.42. The average Bonchev–Trinajstić information content (AvgIpc) is 3.64. The van der Waals surface area contributed by atoms with Crippen LogP contribution in [0.5, 0.6) is 5.75 Å². The molecule has 0 unspecified atom stereocenters. The molecular formula is C26H27N5O2. The van der Waals surface area contributed by atoms with E-state index < -0.39 is 0 Å². The predicted octanol–water partition coefficient (Wildman–Crippen LogP) is 4.60. The maximum absolute atomic E-state index is 13.3. The van der Waals surface area contributed by atoms with Crippen LogP contribution in [0.3, 0.4) is 0 Å². The minimum Gasteiger partial charge on any atom is -0.496 e. The van der Waals surface area contributed by atoms with Crippen molar-refractivity contribution in [3.05, 3.63) is 83.4 Å². The smallest absolute Gasteiger partial charge is 0.255 e. The number of hydrogen-bond acceptors (Lipinski definition) is 5. The van der Waals surface area contributed by atoms with Crippen molar-refractivity contribution in [3.8, 4) is 5.75 Å². The first-order valence-corrected chi connectivity index (χ1v) is 11.2. The average molecular weight is 442 g/mol. The molecule has 168 valence electrons. The topological polar surface area (TPSA) is 91.9 Å². The largest absolute Gasteiger partial charge is 0.496 e. The van der Waals surface area contributed by atoms with Crippen molar-refractivity contribution in [1.29, 1.82) is 0 Å². The number of aromatic nitrogens is 3. The van der Waals surface area contributed by atoms with Crippen LogP contribution >= 0.6 is 0 Å². The van der Waals surface area contributed by atoms with Crippen molar-refractivity contribution < 1.29 is 9.53 Å². The van der Waals surface area contributed by atoms with Crippen LogP contribution in [0, 0.1) is 0 Å². The zero-order valence-corrected chi connectivity index (χ0v) is 18.8. The highest BCUT2D eigenvalue weighted by molar-refractivity contribution is 5.97. The summed E-state index contributed by atoms with van der Waals surface area (Å²) < 4.78 is 5.41. The number of anilines is 1. The number of H-pyrrole nitrogens is 1. The maximum atomic E-state index is 13.3. The van der Waals surface area contributed by atoms with Crippen molar-refractivity contribution in [2.75, 3.05) is 19.5 Å². The quantitative estimate of drug-likeness (QED) is 0.372. The van der Waals surface area contributed by atoms with Crippen molar-refractivity contribution in [1.82, 2.24) is 20.3 Å². The molecule has 5 rings (SSSR count). The summed E-state index contributed by atoms with van der Waals surface area (Å²) in [6.07, 6.45) is 4.81. The van der Waals surface area contributed by atoms with Crippen LogP contribution in [0.4, 0.5) is 5.82 Å². The van der Waals surface area contributed by atoms with Gasteiger partial charge >= 0.3 is 0 Å². The summed E-state index contributed by atoms with van der Waals surface area (Å²) in [5.41, 5.74) is 3.48. The Bertz CT molecular complexity index is 1290. The van der Waals surface area contributed by atoms with Gasteiger partial charge in [-0.2, -0.15) is 0 Å². The molecule has 0 spiro atoms. The summed E-state index contributed by atoms with van der Waals surface area (Å²) in [5, 5.41) is 7.50. The molecule has 1 saturated carbocycles. The van der Waals surface area contributed by atoms with Crippen LogP contribution in [-0.2, 0) is 6.42 Å². The number of carbonyl (C=O) groups is 1. The van der Waals surface area contributed by atoms with Gasteiger partial charge in [-0.1, -0.05) is 30.3 Å². The Labute approximate surface area is 192 Å². The van der Waals surface area contributed by atoms with Crippen LogP contribution in [0.25, 0.3) is 10.9 Å². The third kappa shape index (κ3) is 4.39. The first kappa shape index (κ1) is 21.0. The predicted molar refractivity (Wildman–Crippen MR) is 129 cm³/mol. The minimum absolute atomic E-state index is 0.199. The number of rotatable bonds is 8. The van der Waals surface area contributed by atoms with Gasteiger partial charge in [0.25, 0.3) is 5.91 Å². The Morgan fingerprint density at radius 3 is 2.73 bits per heavy atom. The third-order valence-electron chi connectivity index (χ3n) is 6.07. The fraction of sp³-hybridized carbons (Fsp3) is 0.269.